The van der Waals surface area contributed by atoms with E-state index in [2.05, 4.69) is 70.5 Å². The molecule has 41 heavy (non-hydrogen) atoms. The highest BCUT2D eigenvalue weighted by Gasteiger charge is 2.21. The Morgan fingerprint density at radius 1 is 0.780 bits per heavy atom. The minimum atomic E-state index is -0.144. The molecule has 0 aliphatic heterocycles. The number of ether oxygens (including phenoxy) is 2. The molecule has 0 spiro atoms. The van der Waals surface area contributed by atoms with Crippen LogP contribution in [0.5, 0.6) is 11.5 Å². The molecule has 0 bridgehead atoms. The molecule has 4 aromatic carbocycles. The zero-order valence-corrected chi connectivity index (χ0v) is 24.1. The van der Waals surface area contributed by atoms with Crippen LogP contribution in [0.25, 0.3) is 28.2 Å². The SMILES string of the molecule is COc1cc(OC)cc(C(=O)NCCCCSc2nc(-c3ccccc3)c(-c3ccccc3)n2-c2ccccc2)c1. The topological polar surface area (TPSA) is 65.4 Å². The van der Waals surface area contributed by atoms with Gasteiger partial charge in [0.25, 0.3) is 5.91 Å². The van der Waals surface area contributed by atoms with Gasteiger partial charge in [0.15, 0.2) is 5.16 Å². The number of nitrogens with one attached hydrogen (secondary N) is 1. The monoisotopic (exact) mass is 563 g/mol. The lowest BCUT2D eigenvalue weighted by molar-refractivity contribution is 0.0952. The van der Waals surface area contributed by atoms with Crippen LogP contribution in [0, 0.1) is 0 Å². The van der Waals surface area contributed by atoms with Gasteiger partial charge in [-0.05, 0) is 37.1 Å². The molecule has 6 nitrogen and oxygen atoms in total. The van der Waals surface area contributed by atoms with E-state index in [9.17, 15) is 4.79 Å². The van der Waals surface area contributed by atoms with E-state index in [4.69, 9.17) is 14.5 Å². The molecule has 0 aliphatic carbocycles. The Morgan fingerprint density at radius 2 is 1.37 bits per heavy atom. The molecule has 5 aromatic rings. The normalized spacial score (nSPS) is 10.8. The Balaban J connectivity index is 1.31. The standard InChI is InChI=1S/C34H33N3O3S/c1-39-29-22-27(23-30(24-29)40-2)33(38)35-20-12-13-21-41-34-36-31(25-14-6-3-7-15-25)32(26-16-8-4-9-17-26)37(34)28-18-10-5-11-19-28/h3-11,14-19,22-24H,12-13,20-21H2,1-2H3,(H,35,38). The average molecular weight is 564 g/mol. The van der Waals surface area contributed by atoms with Crippen LogP contribution in [0.2, 0.25) is 0 Å². The molecule has 208 valence electrons. The maximum Gasteiger partial charge on any atom is 0.251 e. The van der Waals surface area contributed by atoms with Crippen molar-refractivity contribution in [1.82, 2.24) is 14.9 Å². The summed E-state index contributed by atoms with van der Waals surface area (Å²) in [5, 5.41) is 3.96. The summed E-state index contributed by atoms with van der Waals surface area (Å²) in [5.41, 5.74) is 5.83. The number of thioether (sulfide) groups is 1. The number of methoxy groups -OCH3 is 2. The van der Waals surface area contributed by atoms with Crippen LogP contribution in [-0.2, 0) is 0 Å². The third kappa shape index (κ3) is 6.81. The van der Waals surface area contributed by atoms with Gasteiger partial charge in [-0.3, -0.25) is 9.36 Å². The fourth-order valence-corrected chi connectivity index (χ4v) is 5.62. The Bertz CT molecular complexity index is 1550. The first kappa shape index (κ1) is 28.1. The van der Waals surface area contributed by atoms with Gasteiger partial charge in [0.1, 0.15) is 11.5 Å². The molecular weight excluding hydrogens is 530 g/mol. The van der Waals surface area contributed by atoms with Crippen LogP contribution in [-0.4, -0.2) is 42.0 Å². The molecule has 0 radical (unpaired) electrons. The Hall–Kier alpha value is -4.49. The van der Waals surface area contributed by atoms with Crippen molar-refractivity contribution < 1.29 is 14.3 Å². The van der Waals surface area contributed by atoms with Crippen LogP contribution < -0.4 is 14.8 Å². The van der Waals surface area contributed by atoms with Crippen molar-refractivity contribution in [2.75, 3.05) is 26.5 Å². The average Bonchev–Trinajstić information content (AvgIpc) is 3.43. The predicted octanol–water partition coefficient (Wildman–Crippen LogP) is 7.53. The molecule has 1 N–H and O–H groups in total. The van der Waals surface area contributed by atoms with Gasteiger partial charge in [0.05, 0.1) is 25.6 Å². The van der Waals surface area contributed by atoms with Crippen molar-refractivity contribution in [2.24, 2.45) is 0 Å². The molecule has 5 rings (SSSR count). The lowest BCUT2D eigenvalue weighted by Crippen LogP contribution is -2.24. The van der Waals surface area contributed by atoms with E-state index in [0.717, 1.165) is 52.0 Å². The number of carbonyl (C=O) groups excluding carboxylic acids is 1. The van der Waals surface area contributed by atoms with Crippen LogP contribution in [0.3, 0.4) is 0 Å². The third-order valence-electron chi connectivity index (χ3n) is 6.66. The molecule has 1 aromatic heterocycles. The summed E-state index contributed by atoms with van der Waals surface area (Å²) < 4.78 is 12.8. The number of nitrogens with zero attached hydrogens (tertiary/aromatic N) is 2. The summed E-state index contributed by atoms with van der Waals surface area (Å²) in [5.74, 6) is 1.90. The molecule has 0 atom stereocenters. The number of rotatable bonds is 12. The van der Waals surface area contributed by atoms with Crippen molar-refractivity contribution in [2.45, 2.75) is 18.0 Å². The van der Waals surface area contributed by atoms with E-state index in [1.165, 1.54) is 0 Å². The van der Waals surface area contributed by atoms with Crippen molar-refractivity contribution in [3.8, 4) is 39.7 Å². The maximum absolute atomic E-state index is 12.7. The minimum Gasteiger partial charge on any atom is -0.497 e. The summed E-state index contributed by atoms with van der Waals surface area (Å²) in [6.07, 6.45) is 1.78. The van der Waals surface area contributed by atoms with E-state index in [1.807, 2.05) is 30.3 Å². The number of aromatic nitrogens is 2. The van der Waals surface area contributed by atoms with E-state index < -0.39 is 0 Å². The molecule has 1 amide bonds. The van der Waals surface area contributed by atoms with Crippen molar-refractivity contribution in [1.29, 1.82) is 0 Å². The van der Waals surface area contributed by atoms with Crippen LogP contribution in [0.15, 0.2) is 114 Å². The summed E-state index contributed by atoms with van der Waals surface area (Å²) in [6, 6.07) is 36.4. The van der Waals surface area contributed by atoms with Gasteiger partial charge >= 0.3 is 0 Å². The molecule has 7 heteroatoms. The highest BCUT2D eigenvalue weighted by Crippen LogP contribution is 2.38. The fraction of sp³-hybridized carbons (Fsp3) is 0.176. The van der Waals surface area contributed by atoms with Crippen LogP contribution >= 0.6 is 11.8 Å². The van der Waals surface area contributed by atoms with Gasteiger partial charge in [-0.1, -0.05) is 90.6 Å². The van der Waals surface area contributed by atoms with E-state index in [1.54, 1.807) is 44.2 Å². The Labute approximate surface area is 245 Å². The Morgan fingerprint density at radius 3 is 1.98 bits per heavy atom. The zero-order valence-electron chi connectivity index (χ0n) is 23.2. The Kier molecular flexibility index (Phi) is 9.39. The summed E-state index contributed by atoms with van der Waals surface area (Å²) in [7, 11) is 3.14. The van der Waals surface area contributed by atoms with Crippen molar-refractivity contribution >= 4 is 17.7 Å². The van der Waals surface area contributed by atoms with Crippen LogP contribution in [0.4, 0.5) is 0 Å². The molecular formula is C34H33N3O3S. The second-order valence-electron chi connectivity index (χ2n) is 9.41. The van der Waals surface area contributed by atoms with Gasteiger partial charge in [-0.25, -0.2) is 4.98 Å². The smallest absolute Gasteiger partial charge is 0.251 e. The number of para-hydroxylation sites is 1. The molecule has 0 saturated heterocycles. The maximum atomic E-state index is 12.7. The fourth-order valence-electron chi connectivity index (χ4n) is 4.61. The predicted molar refractivity (Wildman–Crippen MR) is 166 cm³/mol. The molecule has 0 unspecified atom stereocenters. The first-order chi connectivity index (χ1) is 20.2. The molecule has 0 fully saturated rings. The number of imidazole rings is 1. The zero-order chi connectivity index (χ0) is 28.4. The number of hydrogen-bond donors (Lipinski definition) is 1. The van der Waals surface area contributed by atoms with Crippen LogP contribution in [0.1, 0.15) is 23.2 Å². The molecule has 1 heterocycles. The number of amides is 1. The quantitative estimate of drug-likeness (QED) is 0.126. The van der Waals surface area contributed by atoms with Crippen molar-refractivity contribution in [3.63, 3.8) is 0 Å². The minimum absolute atomic E-state index is 0.144. The van der Waals surface area contributed by atoms with Gasteiger partial charge in [-0.15, -0.1) is 0 Å². The van der Waals surface area contributed by atoms with Gasteiger partial charge in [0, 0.05) is 40.7 Å². The summed E-state index contributed by atoms with van der Waals surface area (Å²) in [6.45, 7) is 0.580. The third-order valence-corrected chi connectivity index (χ3v) is 7.68. The van der Waals surface area contributed by atoms with Gasteiger partial charge in [0.2, 0.25) is 0 Å². The van der Waals surface area contributed by atoms with Gasteiger partial charge in [-0.2, -0.15) is 0 Å². The highest BCUT2D eigenvalue weighted by atomic mass is 32.2. The number of unbranched alkanes of at least 4 members (excludes halogenated alkanes) is 1. The highest BCUT2D eigenvalue weighted by molar-refractivity contribution is 7.99. The van der Waals surface area contributed by atoms with E-state index in [0.29, 0.717) is 23.6 Å². The summed E-state index contributed by atoms with van der Waals surface area (Å²) >= 11 is 1.74. The number of benzene rings is 4. The second kappa shape index (κ2) is 13.7. The summed E-state index contributed by atoms with van der Waals surface area (Å²) in [4.78, 5) is 17.9. The van der Waals surface area contributed by atoms with Gasteiger partial charge < -0.3 is 14.8 Å². The molecule has 0 saturated carbocycles. The lowest BCUT2D eigenvalue weighted by Gasteiger charge is -2.13. The lowest BCUT2D eigenvalue weighted by atomic mass is 10.0. The second-order valence-corrected chi connectivity index (χ2v) is 10.5. The largest absolute Gasteiger partial charge is 0.497 e. The van der Waals surface area contributed by atoms with Crippen molar-refractivity contribution in [3.05, 3.63) is 115 Å². The molecule has 0 aliphatic rings. The first-order valence-electron chi connectivity index (χ1n) is 13.6. The number of hydrogen-bond acceptors (Lipinski definition) is 5. The van der Waals surface area contributed by atoms with E-state index in [-0.39, 0.29) is 5.91 Å². The number of carbonyl (C=O) groups is 1. The first-order valence-corrected chi connectivity index (χ1v) is 14.6. The van der Waals surface area contributed by atoms with E-state index >= 15 is 0 Å².